The fourth-order valence-corrected chi connectivity index (χ4v) is 0.604. The maximum atomic E-state index is 2.23. The van der Waals surface area contributed by atoms with E-state index in [0.29, 0.717) is 0 Å². The van der Waals surface area contributed by atoms with Gasteiger partial charge >= 0.3 is 58.2 Å². The molecule has 0 N–H and O–H groups in total. The van der Waals surface area contributed by atoms with Gasteiger partial charge < -0.3 is 5.92 Å². The zero-order valence-electron chi connectivity index (χ0n) is 6.62. The van der Waals surface area contributed by atoms with Gasteiger partial charge in [0.2, 0.25) is 0 Å². The van der Waals surface area contributed by atoms with E-state index < -0.39 is 0 Å². The Labute approximate surface area is 102 Å². The molecule has 0 atom stereocenters. The van der Waals surface area contributed by atoms with Crippen LogP contribution in [0.2, 0.25) is 0 Å². The molecule has 0 spiro atoms. The first-order chi connectivity index (χ1) is 3.31. The Morgan fingerprint density at radius 2 is 1.75 bits per heavy atom. The Morgan fingerprint density at radius 1 is 1.25 bits per heavy atom. The average Bonchev–Trinajstić information content (AvgIpc) is 1.68. The van der Waals surface area contributed by atoms with Gasteiger partial charge in [0.25, 0.3) is 0 Å². The molecule has 0 aromatic rings. The Morgan fingerprint density at radius 3 is 1.88 bits per heavy atom. The van der Waals surface area contributed by atoms with Crippen molar-refractivity contribution in [3.8, 4) is 0 Å². The van der Waals surface area contributed by atoms with Crippen molar-refractivity contribution >= 4 is 0 Å². The van der Waals surface area contributed by atoms with Gasteiger partial charge in [0.1, 0.15) is 0 Å². The van der Waals surface area contributed by atoms with Gasteiger partial charge in [0.15, 0.2) is 0 Å². The van der Waals surface area contributed by atoms with Gasteiger partial charge in [-0.3, -0.25) is 0 Å². The monoisotopic (exact) mass is 184 g/mol. The molecule has 0 aromatic heterocycles. The molecule has 0 radical (unpaired) electrons. The first-order valence-electron chi connectivity index (χ1n) is 3.12. The predicted molar refractivity (Wildman–Crippen MR) is 34.1 cm³/mol. The average molecular weight is 185 g/mol. The van der Waals surface area contributed by atoms with E-state index in [1.54, 1.807) is 5.92 Å². The van der Waals surface area contributed by atoms with Crippen molar-refractivity contribution in [2.24, 2.45) is 0 Å². The van der Waals surface area contributed by atoms with E-state index in [0.717, 1.165) is 0 Å². The van der Waals surface area contributed by atoms with Gasteiger partial charge in [-0.2, -0.15) is 19.8 Å². The summed E-state index contributed by atoms with van der Waals surface area (Å²) < 4.78 is 0. The smallest absolute Gasteiger partial charge is 0.317 e. The zero-order valence-corrected chi connectivity index (χ0v) is 11.5. The molecule has 0 aliphatic rings. The third-order valence-electron chi connectivity index (χ3n) is 1.28. The summed E-state index contributed by atoms with van der Waals surface area (Å²) in [6, 6.07) is 0. The molecule has 1 heteroatoms. The minimum absolute atomic E-state index is 0. The van der Waals surface area contributed by atoms with Crippen molar-refractivity contribution < 1.29 is 58.2 Å². The number of hydrogen-bond acceptors (Lipinski definition) is 0. The Hall–Kier alpha value is 1.81. The zero-order chi connectivity index (χ0) is 5.70. The Balaban J connectivity index is 0. The molecule has 44 valence electrons. The molecule has 0 amide bonds. The van der Waals surface area contributed by atoms with Crippen LogP contribution in [-0.2, 0) is 0 Å². The maximum absolute atomic E-state index is 2.23. The second-order valence-corrected chi connectivity index (χ2v) is 2.06. The van der Waals surface area contributed by atoms with Gasteiger partial charge in [-0.15, -0.1) is 0 Å². The summed E-state index contributed by atoms with van der Waals surface area (Å²) in [5.74, 6) is 1.63. The molecular formula is C7H15Rb. The van der Waals surface area contributed by atoms with Crippen LogP contribution in [-0.4, -0.2) is 0 Å². The van der Waals surface area contributed by atoms with Crippen LogP contribution in [0, 0.1) is 5.92 Å². The predicted octanol–water partition coefficient (Wildman–Crippen LogP) is -0.205. The van der Waals surface area contributed by atoms with Crippen molar-refractivity contribution in [2.45, 2.75) is 40.0 Å². The summed E-state index contributed by atoms with van der Waals surface area (Å²) in [4.78, 5) is 0. The first-order valence-corrected chi connectivity index (χ1v) is 3.12. The topological polar surface area (TPSA) is 0 Å². The summed E-state index contributed by atoms with van der Waals surface area (Å²) in [7, 11) is 0. The van der Waals surface area contributed by atoms with Gasteiger partial charge in [-0.05, 0) is 0 Å². The van der Waals surface area contributed by atoms with Crippen LogP contribution in [0.5, 0.6) is 0 Å². The van der Waals surface area contributed by atoms with Crippen LogP contribution < -0.4 is 58.2 Å². The van der Waals surface area contributed by atoms with E-state index in [1.807, 2.05) is 0 Å². The van der Waals surface area contributed by atoms with Crippen LogP contribution in [0.25, 0.3) is 0 Å². The maximum Gasteiger partial charge on any atom is 1.00 e. The molecule has 0 rings (SSSR count). The molecule has 0 bridgehead atoms. The molecule has 0 aliphatic carbocycles. The molecule has 0 aliphatic heterocycles. The normalized spacial score (nSPS) is 9.00. The fraction of sp³-hybridized carbons (Fsp3) is 0.857. The summed E-state index contributed by atoms with van der Waals surface area (Å²) in [6.07, 6.45) is 3.88. The molecule has 0 heterocycles. The van der Waals surface area contributed by atoms with Gasteiger partial charge in [0.05, 0.1) is 0 Å². The largest absolute Gasteiger partial charge is 1.00 e. The SMILES string of the molecule is CCC[C-](C)CC.[Rb+]. The van der Waals surface area contributed by atoms with Gasteiger partial charge in [-0.1, -0.05) is 20.3 Å². The van der Waals surface area contributed by atoms with Crippen molar-refractivity contribution in [3.05, 3.63) is 5.92 Å². The van der Waals surface area contributed by atoms with E-state index in [9.17, 15) is 0 Å². The van der Waals surface area contributed by atoms with Crippen molar-refractivity contribution in [3.63, 3.8) is 0 Å². The van der Waals surface area contributed by atoms with Crippen LogP contribution in [0.15, 0.2) is 0 Å². The van der Waals surface area contributed by atoms with Crippen molar-refractivity contribution in [1.82, 2.24) is 0 Å². The fourth-order valence-electron chi connectivity index (χ4n) is 0.604. The summed E-state index contributed by atoms with van der Waals surface area (Å²) in [6.45, 7) is 6.66. The number of rotatable bonds is 3. The van der Waals surface area contributed by atoms with E-state index in [2.05, 4.69) is 20.8 Å². The summed E-state index contributed by atoms with van der Waals surface area (Å²) in [5.41, 5.74) is 0. The minimum Gasteiger partial charge on any atom is -0.317 e. The minimum atomic E-state index is 0. The van der Waals surface area contributed by atoms with Crippen molar-refractivity contribution in [1.29, 1.82) is 0 Å². The van der Waals surface area contributed by atoms with E-state index in [4.69, 9.17) is 0 Å². The number of hydrogen-bond donors (Lipinski definition) is 0. The van der Waals surface area contributed by atoms with Crippen LogP contribution in [0.4, 0.5) is 0 Å². The van der Waals surface area contributed by atoms with Crippen LogP contribution in [0.3, 0.4) is 0 Å². The quantitative estimate of drug-likeness (QED) is 0.533. The van der Waals surface area contributed by atoms with Crippen LogP contribution >= 0.6 is 0 Å². The summed E-state index contributed by atoms with van der Waals surface area (Å²) >= 11 is 0. The standard InChI is InChI=1S/C7H15.Rb/c1-4-6-7(3)5-2;/h4-6H2,1-3H3;/q-1;+1. The van der Waals surface area contributed by atoms with Crippen LogP contribution in [0.1, 0.15) is 40.0 Å². The van der Waals surface area contributed by atoms with Gasteiger partial charge in [0, 0.05) is 0 Å². The third kappa shape index (κ3) is 7.81. The summed E-state index contributed by atoms with van der Waals surface area (Å²) in [5, 5.41) is 0. The molecule has 8 heavy (non-hydrogen) atoms. The van der Waals surface area contributed by atoms with Crippen molar-refractivity contribution in [2.75, 3.05) is 0 Å². The van der Waals surface area contributed by atoms with Gasteiger partial charge in [-0.25, -0.2) is 0 Å². The molecule has 0 unspecified atom stereocenters. The Bertz CT molecular complexity index is 35.4. The van der Waals surface area contributed by atoms with E-state index >= 15 is 0 Å². The molecule has 0 nitrogen and oxygen atoms in total. The second kappa shape index (κ2) is 8.81. The first kappa shape index (κ1) is 12.5. The second-order valence-electron chi connectivity index (χ2n) is 2.06. The molecule has 0 aromatic carbocycles. The molecule has 0 saturated heterocycles. The van der Waals surface area contributed by atoms with E-state index in [-0.39, 0.29) is 58.2 Å². The van der Waals surface area contributed by atoms with E-state index in [1.165, 1.54) is 19.3 Å². The Kier molecular flexibility index (Phi) is 13.7. The molecule has 0 fully saturated rings. The molecule has 0 saturated carbocycles. The molecular weight excluding hydrogens is 170 g/mol. The third-order valence-corrected chi connectivity index (χ3v) is 1.28.